The number of aromatic nitrogens is 6. The maximum Gasteiger partial charge on any atom is 0.351 e. The molecule has 0 aromatic carbocycles. The topological polar surface area (TPSA) is 123 Å². The van der Waals surface area contributed by atoms with Gasteiger partial charge in [0, 0.05) is 49.6 Å². The van der Waals surface area contributed by atoms with Crippen molar-refractivity contribution in [2.24, 2.45) is 0 Å². The highest BCUT2D eigenvalue weighted by Crippen LogP contribution is 2.30. The lowest BCUT2D eigenvalue weighted by molar-refractivity contribution is -0.391. The van der Waals surface area contributed by atoms with Crippen molar-refractivity contribution in [3.8, 4) is 23.1 Å². The minimum atomic E-state index is -0.401. The van der Waals surface area contributed by atoms with Gasteiger partial charge in [-0.2, -0.15) is 4.57 Å². The van der Waals surface area contributed by atoms with Crippen LogP contribution in [0.25, 0.3) is 11.4 Å². The molecule has 4 aromatic heterocycles. The van der Waals surface area contributed by atoms with E-state index in [1.807, 2.05) is 32.9 Å². The third-order valence-corrected chi connectivity index (χ3v) is 5.65. The van der Waals surface area contributed by atoms with Gasteiger partial charge in [0.1, 0.15) is 17.2 Å². The molecule has 0 aliphatic carbocycles. The normalized spacial score (nSPS) is 10.9. The van der Waals surface area contributed by atoms with Gasteiger partial charge in [0.05, 0.1) is 25.6 Å². The Morgan fingerprint density at radius 1 is 0.865 bits per heavy atom. The summed E-state index contributed by atoms with van der Waals surface area (Å²) in [5.74, 6) is 2.94. The van der Waals surface area contributed by atoms with E-state index < -0.39 is 4.92 Å². The molecular formula is C26H33N7O4. The third kappa shape index (κ3) is 6.11. The monoisotopic (exact) mass is 507 g/mol. The fourth-order valence-corrected chi connectivity index (χ4v) is 3.76. The molecule has 0 fully saturated rings. The van der Waals surface area contributed by atoms with Crippen LogP contribution in [0.1, 0.15) is 62.6 Å². The maximum absolute atomic E-state index is 11.4. The zero-order valence-corrected chi connectivity index (χ0v) is 22.5. The lowest BCUT2D eigenvalue weighted by Crippen LogP contribution is -2.04. The minimum absolute atomic E-state index is 0.00856. The Kier molecular flexibility index (Phi) is 8.59. The van der Waals surface area contributed by atoms with E-state index in [9.17, 15) is 10.1 Å². The molecule has 196 valence electrons. The van der Waals surface area contributed by atoms with Crippen LogP contribution in [0, 0.1) is 24.0 Å². The van der Waals surface area contributed by atoms with Crippen LogP contribution in [0.3, 0.4) is 0 Å². The van der Waals surface area contributed by atoms with Gasteiger partial charge in [0.2, 0.25) is 11.8 Å². The third-order valence-electron chi connectivity index (χ3n) is 5.65. The smallest absolute Gasteiger partial charge is 0.351 e. The Morgan fingerprint density at radius 3 is 1.92 bits per heavy atom. The van der Waals surface area contributed by atoms with Gasteiger partial charge in [-0.05, 0) is 23.8 Å². The molecule has 0 radical (unpaired) electrons. The summed E-state index contributed by atoms with van der Waals surface area (Å²) in [6, 6.07) is 7.18. The SMILES string of the molecule is COc1cc(-n2c(C)nc(C(C)C)c2[N+](=O)[O-])ccn1.COc1cc(-n2cc(C(C)C)nc2C)ccn1. The van der Waals surface area contributed by atoms with Gasteiger partial charge in [-0.25, -0.2) is 19.9 Å². The highest BCUT2D eigenvalue weighted by Gasteiger charge is 2.28. The van der Waals surface area contributed by atoms with Gasteiger partial charge in [-0.1, -0.05) is 27.7 Å². The van der Waals surface area contributed by atoms with E-state index in [0.29, 0.717) is 34.9 Å². The van der Waals surface area contributed by atoms with Crippen LogP contribution in [0.2, 0.25) is 0 Å². The fourth-order valence-electron chi connectivity index (χ4n) is 3.76. The summed E-state index contributed by atoms with van der Waals surface area (Å²) in [5.41, 5.74) is 3.20. The summed E-state index contributed by atoms with van der Waals surface area (Å²) < 4.78 is 13.8. The van der Waals surface area contributed by atoms with Gasteiger partial charge in [-0.15, -0.1) is 0 Å². The Labute approximate surface area is 216 Å². The molecule has 0 aliphatic rings. The number of nitrogens with zero attached hydrogens (tertiary/aromatic N) is 7. The minimum Gasteiger partial charge on any atom is -0.481 e. The Morgan fingerprint density at radius 2 is 1.43 bits per heavy atom. The lowest BCUT2D eigenvalue weighted by atomic mass is 10.1. The first-order chi connectivity index (χ1) is 17.6. The molecule has 4 rings (SSSR count). The number of imidazole rings is 2. The van der Waals surface area contributed by atoms with Crippen molar-refractivity contribution in [2.75, 3.05) is 14.2 Å². The van der Waals surface area contributed by atoms with E-state index in [2.05, 4.69) is 44.5 Å². The van der Waals surface area contributed by atoms with Crippen LogP contribution >= 0.6 is 0 Å². The number of hydrogen-bond donors (Lipinski definition) is 0. The average Bonchev–Trinajstić information content (AvgIpc) is 3.45. The number of ether oxygens (including phenoxy) is 2. The molecule has 0 amide bonds. The summed E-state index contributed by atoms with van der Waals surface area (Å²) in [5, 5.41) is 11.4. The van der Waals surface area contributed by atoms with Crippen molar-refractivity contribution in [1.82, 2.24) is 29.1 Å². The van der Waals surface area contributed by atoms with E-state index in [1.54, 1.807) is 38.6 Å². The summed E-state index contributed by atoms with van der Waals surface area (Å²) in [6.45, 7) is 11.8. The molecule has 0 bridgehead atoms. The molecular weight excluding hydrogens is 474 g/mol. The Balaban J connectivity index is 0.000000208. The number of pyridine rings is 2. The van der Waals surface area contributed by atoms with Gasteiger partial charge >= 0.3 is 5.82 Å². The predicted octanol–water partition coefficient (Wildman–Crippen LogP) is 5.32. The average molecular weight is 508 g/mol. The summed E-state index contributed by atoms with van der Waals surface area (Å²) >= 11 is 0. The van der Waals surface area contributed by atoms with Gasteiger partial charge in [-0.3, -0.25) is 0 Å². The van der Waals surface area contributed by atoms with Gasteiger partial charge < -0.3 is 24.2 Å². The lowest BCUT2D eigenvalue weighted by Gasteiger charge is -2.05. The zero-order valence-electron chi connectivity index (χ0n) is 22.5. The number of methoxy groups -OCH3 is 2. The Hall–Kier alpha value is -4.28. The first-order valence-electron chi connectivity index (χ1n) is 11.9. The molecule has 0 spiro atoms. The first kappa shape index (κ1) is 27.3. The van der Waals surface area contributed by atoms with Crippen LogP contribution in [0.5, 0.6) is 11.8 Å². The number of nitro groups is 1. The predicted molar refractivity (Wildman–Crippen MR) is 140 cm³/mol. The number of aryl methyl sites for hydroxylation is 2. The summed E-state index contributed by atoms with van der Waals surface area (Å²) in [7, 11) is 3.12. The summed E-state index contributed by atoms with van der Waals surface area (Å²) in [6.07, 6.45) is 5.35. The molecule has 0 aliphatic heterocycles. The zero-order chi connectivity index (χ0) is 27.3. The molecule has 4 aromatic rings. The van der Waals surface area contributed by atoms with E-state index in [-0.39, 0.29) is 11.7 Å². The van der Waals surface area contributed by atoms with Crippen molar-refractivity contribution in [3.05, 3.63) is 76.0 Å². The second-order valence-electron chi connectivity index (χ2n) is 8.97. The van der Waals surface area contributed by atoms with Crippen molar-refractivity contribution in [1.29, 1.82) is 0 Å². The van der Waals surface area contributed by atoms with E-state index in [1.165, 1.54) is 11.7 Å². The molecule has 4 heterocycles. The number of rotatable bonds is 7. The van der Waals surface area contributed by atoms with E-state index in [0.717, 1.165) is 17.2 Å². The largest absolute Gasteiger partial charge is 0.481 e. The molecule has 0 saturated carbocycles. The highest BCUT2D eigenvalue weighted by atomic mass is 16.6. The van der Waals surface area contributed by atoms with Crippen LogP contribution in [-0.2, 0) is 0 Å². The molecule has 0 unspecified atom stereocenters. The molecule has 11 heteroatoms. The van der Waals surface area contributed by atoms with Crippen LogP contribution in [0.15, 0.2) is 42.9 Å². The molecule has 0 saturated heterocycles. The van der Waals surface area contributed by atoms with E-state index >= 15 is 0 Å². The van der Waals surface area contributed by atoms with Crippen molar-refractivity contribution in [3.63, 3.8) is 0 Å². The highest BCUT2D eigenvalue weighted by molar-refractivity contribution is 5.46. The van der Waals surface area contributed by atoms with Crippen molar-refractivity contribution >= 4 is 5.82 Å². The fraction of sp³-hybridized carbons (Fsp3) is 0.385. The number of hydrogen-bond acceptors (Lipinski definition) is 8. The second kappa shape index (κ2) is 11.6. The summed E-state index contributed by atoms with van der Waals surface area (Å²) in [4.78, 5) is 28.0. The van der Waals surface area contributed by atoms with Crippen LogP contribution < -0.4 is 9.47 Å². The van der Waals surface area contributed by atoms with E-state index in [4.69, 9.17) is 9.47 Å². The van der Waals surface area contributed by atoms with Gasteiger partial charge in [0.15, 0.2) is 5.82 Å². The van der Waals surface area contributed by atoms with Crippen LogP contribution in [-0.4, -0.2) is 48.2 Å². The first-order valence-corrected chi connectivity index (χ1v) is 11.9. The Bertz CT molecular complexity index is 1380. The van der Waals surface area contributed by atoms with Crippen molar-refractivity contribution in [2.45, 2.75) is 53.4 Å². The standard InChI is InChI=1S/C13H16N4O3.C13H17N3O/c1-8(2)12-13(17(18)19)16(9(3)15-12)10-5-6-14-11(7-10)20-4;1-9(2)12-8-16(10(3)15-12)11-5-6-14-13(7-11)17-4/h5-8H,1-4H3;5-9H,1-4H3. The maximum atomic E-state index is 11.4. The van der Waals surface area contributed by atoms with Gasteiger partial charge in [0.25, 0.3) is 0 Å². The molecule has 11 nitrogen and oxygen atoms in total. The van der Waals surface area contributed by atoms with Crippen LogP contribution in [0.4, 0.5) is 5.82 Å². The second-order valence-corrected chi connectivity index (χ2v) is 8.97. The van der Waals surface area contributed by atoms with Crippen molar-refractivity contribution < 1.29 is 14.4 Å². The molecule has 37 heavy (non-hydrogen) atoms. The molecule has 0 atom stereocenters. The molecule has 0 N–H and O–H groups in total. The quantitative estimate of drug-likeness (QED) is 0.243.